The first-order valence-electron chi connectivity index (χ1n) is 36.9. The highest BCUT2D eigenvalue weighted by Crippen LogP contribution is 2.59. The molecule has 0 saturated carbocycles. The average molecular weight is 2040 g/mol. The highest BCUT2D eigenvalue weighted by Gasteiger charge is 2.40. The standard InChI is InChI=1S/C18H21N2O10P.C18H23N2O9PS.C13H16NO6P.C9H13N2O8P.C9H15N2O7PS.C6H10.5CH4/c1-28-16(21)13(19-18(23)29-11-12-5-3-2-4-6-12)9-10-31(26,27)17(22)14-7-8-15(30-14)20(24)25;1-26-16(21)13(20-18(23)27-11-12-5-3-2-4-6-12)9-10-30(24,25)17(22)14-7-8-15(31-14)28-29-19;1-19-12(15)11(7-8-21(17)18)14-13(16)20-9-10-5-3-2-4-6-10;10-5(8(12)13)3-4-20(17,18)9(14)6-1-2-7(19-6)11(15)16;10-5(8(12)13)3-4-19(15,16)9(14)6-1-2-7(20-6)17-18-11;1-4-6(3)5-2;;;;;/h2-8,13,17,22H,9-11H2,1H3,(H,19,23)(H,26,27);2-8,13,17,22H,9-11,19H2,1H3,(H,20,23)(H,24,25);2-6,11H,7-9H2,1H3,(H-,14,16,17,18);1-2,5,9,14H,3-4,10H2,(H,12,13)(H,17,18);1-2,5,9,14H,3-4,10-11H2,(H,12,13)(H,15,16);4-6H,1-2H2,3H3;5*1H4/p+1/t2*13-,17?;11-;2*5-,9?;;;;;;/m00000....../s1. The van der Waals surface area contributed by atoms with E-state index in [4.69, 9.17) is 51.1 Å². The summed E-state index contributed by atoms with van der Waals surface area (Å²) in [6.07, 6.45) is -2.31. The van der Waals surface area contributed by atoms with Gasteiger partial charge in [-0.3, -0.25) is 48.1 Å². The lowest BCUT2D eigenvalue weighted by molar-refractivity contribution is -0.402. The fourth-order valence-electron chi connectivity index (χ4n) is 9.33. The number of allylic oxidation sites excluding steroid dienone is 2. The number of carboxylic acids is 2. The Morgan fingerprint density at radius 3 is 0.985 bits per heavy atom. The number of esters is 3. The van der Waals surface area contributed by atoms with Crippen molar-refractivity contribution in [2.24, 2.45) is 29.2 Å². The van der Waals surface area contributed by atoms with Crippen molar-refractivity contribution in [3.05, 3.63) is 223 Å². The van der Waals surface area contributed by atoms with Gasteiger partial charge in [-0.25, -0.2) is 28.8 Å². The molecule has 0 spiro atoms. The molecule has 14 atom stereocenters. The number of furan rings is 2. The van der Waals surface area contributed by atoms with Gasteiger partial charge in [-0.2, -0.15) is 16.7 Å². The molecule has 0 bridgehead atoms. The number of nitrogens with zero attached hydrogens (tertiary/aromatic N) is 2. The Morgan fingerprint density at radius 1 is 0.470 bits per heavy atom. The molecule has 0 aliphatic heterocycles. The van der Waals surface area contributed by atoms with Gasteiger partial charge < -0.3 is 125 Å². The molecule has 134 heavy (non-hydrogen) atoms. The number of amides is 3. The molecule has 7 aromatic rings. The minimum Gasteiger partial charge on any atom is -0.480 e. The number of carboxylic acid groups (broad SMARTS) is 2. The summed E-state index contributed by atoms with van der Waals surface area (Å²) in [5, 5.41) is 85.3. The summed E-state index contributed by atoms with van der Waals surface area (Å²) in [6.45, 7) is 9.15. The number of alkyl carbamates (subject to hydrolysis) is 3. The first kappa shape index (κ1) is 129. The molecule has 4 aromatic heterocycles. The number of aliphatic hydroxyl groups is 4. The summed E-state index contributed by atoms with van der Waals surface area (Å²) >= 11 is 1.74. The fourth-order valence-corrected chi connectivity index (χ4v) is 18.0. The number of rotatable bonds is 45. The molecular weight excluding hydrogens is 1920 g/mol. The fraction of sp³-hybridized carbons (Fsp3) is 0.410. The van der Waals surface area contributed by atoms with Crippen molar-refractivity contribution in [3.63, 3.8) is 0 Å². The van der Waals surface area contributed by atoms with Crippen LogP contribution in [-0.4, -0.2) is 195 Å². The van der Waals surface area contributed by atoms with Crippen molar-refractivity contribution in [1.82, 2.24) is 16.0 Å². The molecule has 3 amide bonds. The second-order valence-corrected chi connectivity index (χ2v) is 39.1. The van der Waals surface area contributed by atoms with Crippen LogP contribution in [0.1, 0.15) is 138 Å². The molecule has 7 rings (SSSR count). The highest BCUT2D eigenvalue weighted by atomic mass is 32.1. The van der Waals surface area contributed by atoms with Crippen LogP contribution in [0.25, 0.3) is 0 Å². The van der Waals surface area contributed by atoms with E-state index in [1.54, 1.807) is 66.7 Å². The second kappa shape index (κ2) is 66.5. The number of carbonyl (C=O) groups excluding carboxylic acids is 6. The summed E-state index contributed by atoms with van der Waals surface area (Å²) in [7, 11) is -15.8. The molecule has 4 heterocycles. The van der Waals surface area contributed by atoms with E-state index >= 15 is 0 Å². The van der Waals surface area contributed by atoms with Crippen LogP contribution in [0, 0.1) is 26.1 Å². The van der Waals surface area contributed by atoms with E-state index < -0.39 is 197 Å². The number of nitrogens with two attached hydrogens (primary N) is 4. The number of aliphatic carboxylic acids is 2. The Balaban J connectivity index is -0.000000778. The number of benzene rings is 3. The lowest BCUT2D eigenvalue weighted by atomic mass is 10.2. The van der Waals surface area contributed by atoms with Gasteiger partial charge in [0.2, 0.25) is 39.6 Å². The van der Waals surface area contributed by atoms with E-state index in [0.29, 0.717) is 11.5 Å². The van der Waals surface area contributed by atoms with E-state index in [0.717, 1.165) is 72.3 Å². The largest absolute Gasteiger partial charge is 0.505 e. The molecule has 0 aliphatic carbocycles. The number of methoxy groups -OCH3 is 3. The monoisotopic (exact) mass is 2040 g/mol. The van der Waals surface area contributed by atoms with Gasteiger partial charge in [0, 0.05) is 40.8 Å². The van der Waals surface area contributed by atoms with Crippen LogP contribution < -0.4 is 49.0 Å². The van der Waals surface area contributed by atoms with Crippen LogP contribution in [0.3, 0.4) is 0 Å². The molecule has 0 saturated heterocycles. The van der Waals surface area contributed by atoms with Crippen LogP contribution in [0.5, 0.6) is 10.1 Å². The van der Waals surface area contributed by atoms with Crippen LogP contribution >= 0.6 is 60.2 Å². The number of thiophene rings is 2. The van der Waals surface area contributed by atoms with Crippen LogP contribution in [0.4, 0.5) is 26.2 Å². The zero-order chi connectivity index (χ0) is 97.4. The van der Waals surface area contributed by atoms with E-state index in [1.807, 2.05) is 43.3 Å². The van der Waals surface area contributed by atoms with Crippen molar-refractivity contribution < 1.29 is 183 Å². The van der Waals surface area contributed by atoms with Gasteiger partial charge in [0.25, 0.3) is 0 Å². The minimum atomic E-state index is -4.39. The maximum atomic E-state index is 12.6. The van der Waals surface area contributed by atoms with Gasteiger partial charge in [0.05, 0.1) is 33.5 Å². The number of aliphatic hydroxyl groups excluding tert-OH is 4. The number of hydrogen-bond acceptors (Lipinski definition) is 39. The number of carbonyl (C=O) groups is 8. The molecule has 9 unspecified atom stereocenters. The Morgan fingerprint density at radius 2 is 0.746 bits per heavy atom. The predicted octanol–water partition coefficient (Wildman–Crippen LogP) is 11.4. The van der Waals surface area contributed by atoms with Crippen molar-refractivity contribution in [1.29, 1.82) is 0 Å². The molecule has 49 nitrogen and oxygen atoms in total. The smallest absolute Gasteiger partial charge is 0.480 e. The second-order valence-electron chi connectivity index (χ2n) is 26.0. The Labute approximate surface area is 779 Å². The van der Waals surface area contributed by atoms with Gasteiger partial charge in [0.15, 0.2) is 29.5 Å². The number of ether oxygens (including phenoxy) is 6. The zero-order valence-corrected chi connectivity index (χ0v) is 74.9. The summed E-state index contributed by atoms with van der Waals surface area (Å²) < 4.78 is 97.7. The molecule has 22 N–H and O–H groups in total. The molecule has 0 fully saturated rings. The number of nitrogens with one attached hydrogen (secondary N) is 3. The maximum absolute atomic E-state index is 12.6. The van der Waals surface area contributed by atoms with Gasteiger partial charge in [-0.05, 0) is 89.3 Å². The number of nitro groups is 2. The predicted molar refractivity (Wildman–Crippen MR) is 489 cm³/mol. The lowest BCUT2D eigenvalue weighted by Gasteiger charge is -2.20. The SMILES string of the molecule is C.C.C.C.C.C=CC(C)C=C.COC(=O)[C@H](CCP(=O)(O)C(O)c1ccc(OON)s1)NC(=O)OCc1ccccc1.COC(=O)[C@H](CCP(=O)(O)C(O)c1ccc([N+](=O)[O-])o1)NC(=O)OCc1ccccc1.COC(=O)[C@H](CC[P+](=O)O)NC(=O)OCc1ccccc1.NOOc1ccc(C(O)P(=O)(O)CC[C@H](N)C(=O)O)s1.N[C@@H](CCP(=O)(O)C(O)c1ccc([N+](=O)[O-])o1)C(=O)O. The van der Waals surface area contributed by atoms with E-state index in [9.17, 15) is 121 Å². The summed E-state index contributed by atoms with van der Waals surface area (Å²) in [4.78, 5) is 177. The van der Waals surface area contributed by atoms with Gasteiger partial charge in [0.1, 0.15) is 71.4 Å². The van der Waals surface area contributed by atoms with Crippen LogP contribution in [0.2, 0.25) is 0 Å². The first-order chi connectivity index (χ1) is 60.7. The van der Waals surface area contributed by atoms with E-state index in [2.05, 4.69) is 73.4 Å². The highest BCUT2D eigenvalue weighted by molar-refractivity contribution is 7.59. The van der Waals surface area contributed by atoms with Crippen molar-refractivity contribution >= 4 is 120 Å². The molecule has 752 valence electrons. The van der Waals surface area contributed by atoms with E-state index in [1.165, 1.54) is 31.4 Å². The van der Waals surface area contributed by atoms with Gasteiger partial charge in [-0.1, -0.05) is 180 Å². The third kappa shape index (κ3) is 48.8. The number of hydrogen-bond donors (Lipinski definition) is 18. The molecule has 0 radical (unpaired) electrons. The van der Waals surface area contributed by atoms with Gasteiger partial charge >= 0.3 is 67.9 Å². The lowest BCUT2D eigenvalue weighted by Crippen LogP contribution is -2.42. The minimum absolute atomic E-state index is 0. The van der Waals surface area contributed by atoms with Crippen molar-refractivity contribution in [2.45, 2.75) is 150 Å². The summed E-state index contributed by atoms with van der Waals surface area (Å²) in [6, 6.07) is 30.0. The quantitative estimate of drug-likeness (QED) is 0.00321. The Bertz CT molecular complexity index is 4930. The van der Waals surface area contributed by atoms with Crippen LogP contribution in [-0.2, 0) is 105 Å². The van der Waals surface area contributed by atoms with Crippen molar-refractivity contribution in [3.8, 4) is 10.1 Å². The summed E-state index contributed by atoms with van der Waals surface area (Å²) in [5.74, 6) is -4.78. The Kier molecular flexibility index (Phi) is 64.2. The molecule has 3 aromatic carbocycles. The first-order valence-corrected chi connectivity index (χ1v) is 47.6. The van der Waals surface area contributed by atoms with E-state index in [-0.39, 0.29) is 115 Å². The molecule has 56 heteroatoms. The zero-order valence-electron chi connectivity index (χ0n) is 68.8. The average Bonchev–Trinajstić information content (AvgIpc) is 1.66. The van der Waals surface area contributed by atoms with Gasteiger partial charge in [-0.15, -0.1) is 13.2 Å². The third-order valence-electron chi connectivity index (χ3n) is 16.6. The third-order valence-corrected chi connectivity index (χ3v) is 27.3. The normalized spacial score (nSPS) is 14.2. The Hall–Kier alpha value is -10.9. The topological polar surface area (TPSA) is 789 Å². The van der Waals surface area contributed by atoms with Crippen molar-refractivity contribution in [2.75, 3.05) is 52.1 Å². The summed E-state index contributed by atoms with van der Waals surface area (Å²) in [5.41, 5.74) is 12.7. The maximum Gasteiger partial charge on any atom is 0.505 e. The molecule has 0 aliphatic rings. The molecular formula is C78H119N9O40P5S2+. The van der Waals surface area contributed by atoms with Crippen LogP contribution in [0.15, 0.2) is 174 Å².